The molecule has 1 aliphatic heterocycles. The van der Waals surface area contributed by atoms with Crippen molar-refractivity contribution in [1.82, 2.24) is 4.98 Å². The van der Waals surface area contributed by atoms with Crippen LogP contribution < -0.4 is 0 Å². The standard InChI is InChI=1S/C12H11BNO2/c1-8-5-6-10-9(11-7-15-16-13-11)3-2-4-12(10)14-8/h2-6,11H,7H2,1H3. The van der Waals surface area contributed by atoms with Gasteiger partial charge in [-0.2, -0.15) is 0 Å². The van der Waals surface area contributed by atoms with Gasteiger partial charge in [0.1, 0.15) is 0 Å². The Hall–Kier alpha value is -1.39. The minimum atomic E-state index is 0.202. The van der Waals surface area contributed by atoms with Crippen molar-refractivity contribution in [2.24, 2.45) is 0 Å². The van der Waals surface area contributed by atoms with E-state index < -0.39 is 0 Å². The lowest BCUT2D eigenvalue weighted by Gasteiger charge is -2.09. The first-order chi connectivity index (χ1) is 7.84. The van der Waals surface area contributed by atoms with Crippen molar-refractivity contribution in [3.63, 3.8) is 0 Å². The SMILES string of the molecule is Cc1ccc2c(C3[B]OOC3)cccc2n1. The minimum absolute atomic E-state index is 0.202. The van der Waals surface area contributed by atoms with Crippen LogP contribution in [-0.2, 0) is 9.69 Å². The third-order valence-electron chi connectivity index (χ3n) is 2.84. The Labute approximate surface area is 94.6 Å². The molecule has 3 nitrogen and oxygen atoms in total. The Bertz CT molecular complexity index is 523. The summed E-state index contributed by atoms with van der Waals surface area (Å²) in [5.41, 5.74) is 3.27. The summed E-state index contributed by atoms with van der Waals surface area (Å²) < 4.78 is 0. The largest absolute Gasteiger partial charge is 0.354 e. The smallest absolute Gasteiger partial charge is 0.310 e. The molecule has 0 spiro atoms. The first kappa shape index (κ1) is 9.81. The topological polar surface area (TPSA) is 31.4 Å². The highest BCUT2D eigenvalue weighted by Crippen LogP contribution is 2.27. The van der Waals surface area contributed by atoms with E-state index in [1.54, 1.807) is 7.48 Å². The van der Waals surface area contributed by atoms with Crippen LogP contribution in [-0.4, -0.2) is 19.1 Å². The van der Waals surface area contributed by atoms with Crippen LogP contribution in [0, 0.1) is 6.92 Å². The maximum atomic E-state index is 4.91. The van der Waals surface area contributed by atoms with E-state index in [0.29, 0.717) is 6.61 Å². The lowest BCUT2D eigenvalue weighted by molar-refractivity contribution is -0.183. The van der Waals surface area contributed by atoms with Crippen LogP contribution in [0.5, 0.6) is 0 Å². The molecule has 0 N–H and O–H groups in total. The van der Waals surface area contributed by atoms with Gasteiger partial charge in [0.25, 0.3) is 0 Å². The Morgan fingerprint density at radius 3 is 3.06 bits per heavy atom. The van der Waals surface area contributed by atoms with Crippen molar-refractivity contribution >= 4 is 18.4 Å². The van der Waals surface area contributed by atoms with E-state index in [1.807, 2.05) is 25.1 Å². The first-order valence-corrected chi connectivity index (χ1v) is 5.32. The summed E-state index contributed by atoms with van der Waals surface area (Å²) in [6.45, 7) is 2.58. The Kier molecular flexibility index (Phi) is 2.38. The highest BCUT2D eigenvalue weighted by Gasteiger charge is 2.23. The van der Waals surface area contributed by atoms with E-state index >= 15 is 0 Å². The van der Waals surface area contributed by atoms with E-state index in [-0.39, 0.29) is 5.82 Å². The molecular weight excluding hydrogens is 201 g/mol. The predicted octanol–water partition coefficient (Wildman–Crippen LogP) is 2.17. The second-order valence-corrected chi connectivity index (χ2v) is 3.99. The summed E-state index contributed by atoms with van der Waals surface area (Å²) in [6.07, 6.45) is 0. The van der Waals surface area contributed by atoms with Gasteiger partial charge in [-0.15, -0.1) is 0 Å². The minimum Gasteiger partial charge on any atom is -0.310 e. The number of pyridine rings is 1. The van der Waals surface area contributed by atoms with Crippen molar-refractivity contribution < 1.29 is 9.69 Å². The molecule has 4 heteroatoms. The summed E-state index contributed by atoms with van der Waals surface area (Å²) in [7, 11) is 1.73. The Balaban J connectivity index is 2.16. The monoisotopic (exact) mass is 212 g/mol. The van der Waals surface area contributed by atoms with Crippen LogP contribution in [0.15, 0.2) is 30.3 Å². The zero-order valence-electron chi connectivity index (χ0n) is 9.01. The first-order valence-electron chi connectivity index (χ1n) is 5.32. The Morgan fingerprint density at radius 1 is 1.31 bits per heavy atom. The highest BCUT2D eigenvalue weighted by molar-refractivity contribution is 6.31. The van der Waals surface area contributed by atoms with Gasteiger partial charge in [0.05, 0.1) is 12.1 Å². The average molecular weight is 212 g/mol. The third kappa shape index (κ3) is 1.60. The fraction of sp³-hybridized carbons (Fsp3) is 0.250. The fourth-order valence-electron chi connectivity index (χ4n) is 2.03. The molecule has 1 aliphatic rings. The van der Waals surface area contributed by atoms with Gasteiger partial charge in [-0.3, -0.25) is 9.87 Å². The number of aryl methyl sites for hydroxylation is 1. The number of nitrogens with zero attached hydrogens (tertiary/aromatic N) is 1. The van der Waals surface area contributed by atoms with Gasteiger partial charge in [0.2, 0.25) is 0 Å². The molecule has 2 heterocycles. The lowest BCUT2D eigenvalue weighted by Crippen LogP contribution is -2.05. The maximum Gasteiger partial charge on any atom is 0.354 e. The molecule has 0 bridgehead atoms. The molecule has 1 unspecified atom stereocenters. The molecular formula is C12H11BNO2. The van der Waals surface area contributed by atoms with Crippen LogP contribution in [0.3, 0.4) is 0 Å². The molecule has 1 fully saturated rings. The van der Waals surface area contributed by atoms with E-state index in [9.17, 15) is 0 Å². The van der Waals surface area contributed by atoms with Gasteiger partial charge < -0.3 is 4.81 Å². The Morgan fingerprint density at radius 2 is 2.25 bits per heavy atom. The zero-order valence-corrected chi connectivity index (χ0v) is 9.01. The second-order valence-electron chi connectivity index (χ2n) is 3.99. The molecule has 1 radical (unpaired) electrons. The van der Waals surface area contributed by atoms with Crippen LogP contribution >= 0.6 is 0 Å². The summed E-state index contributed by atoms with van der Waals surface area (Å²) in [4.78, 5) is 14.3. The van der Waals surface area contributed by atoms with Crippen LogP contribution in [0.1, 0.15) is 17.1 Å². The fourth-order valence-corrected chi connectivity index (χ4v) is 2.03. The molecule has 0 amide bonds. The van der Waals surface area contributed by atoms with Gasteiger partial charge in [-0.05, 0) is 24.6 Å². The molecule has 0 aliphatic carbocycles. The zero-order chi connectivity index (χ0) is 11.0. The number of hydrogen-bond donors (Lipinski definition) is 0. The van der Waals surface area contributed by atoms with Crippen LogP contribution in [0.25, 0.3) is 10.9 Å². The molecule has 2 aromatic rings. The van der Waals surface area contributed by atoms with E-state index in [4.69, 9.17) is 9.69 Å². The predicted molar refractivity (Wildman–Crippen MR) is 62.0 cm³/mol. The van der Waals surface area contributed by atoms with Gasteiger partial charge in [0, 0.05) is 16.9 Å². The molecule has 0 saturated carbocycles. The van der Waals surface area contributed by atoms with E-state index in [0.717, 1.165) is 11.2 Å². The van der Waals surface area contributed by atoms with Crippen LogP contribution in [0.4, 0.5) is 0 Å². The van der Waals surface area contributed by atoms with Crippen molar-refractivity contribution in [3.05, 3.63) is 41.6 Å². The van der Waals surface area contributed by atoms with E-state index in [2.05, 4.69) is 17.1 Å². The van der Waals surface area contributed by atoms with Crippen molar-refractivity contribution in [3.8, 4) is 0 Å². The van der Waals surface area contributed by atoms with Crippen molar-refractivity contribution in [2.75, 3.05) is 6.61 Å². The van der Waals surface area contributed by atoms with E-state index in [1.165, 1.54) is 10.9 Å². The molecule has 16 heavy (non-hydrogen) atoms. The molecule has 3 rings (SSSR count). The summed E-state index contributed by atoms with van der Waals surface area (Å²) >= 11 is 0. The number of aromatic nitrogens is 1. The number of rotatable bonds is 1. The molecule has 79 valence electrons. The molecule has 1 aromatic heterocycles. The number of fused-ring (bicyclic) bond motifs is 1. The third-order valence-corrected chi connectivity index (χ3v) is 2.84. The van der Waals surface area contributed by atoms with Crippen molar-refractivity contribution in [2.45, 2.75) is 12.7 Å². The summed E-state index contributed by atoms with van der Waals surface area (Å²) in [5, 5.41) is 1.17. The molecule has 1 saturated heterocycles. The summed E-state index contributed by atoms with van der Waals surface area (Å²) in [5.74, 6) is 0.202. The van der Waals surface area contributed by atoms with Gasteiger partial charge >= 0.3 is 7.48 Å². The lowest BCUT2D eigenvalue weighted by atomic mass is 9.75. The van der Waals surface area contributed by atoms with Gasteiger partial charge in [-0.1, -0.05) is 18.2 Å². The maximum absolute atomic E-state index is 4.91. The van der Waals surface area contributed by atoms with Crippen molar-refractivity contribution in [1.29, 1.82) is 0 Å². The number of hydrogen-bond acceptors (Lipinski definition) is 3. The molecule has 1 atom stereocenters. The van der Waals surface area contributed by atoms with Gasteiger partial charge in [-0.25, -0.2) is 0 Å². The second kappa shape index (κ2) is 3.89. The average Bonchev–Trinajstić information content (AvgIpc) is 2.81. The summed E-state index contributed by atoms with van der Waals surface area (Å²) in [6, 6.07) is 10.3. The van der Waals surface area contributed by atoms with Gasteiger partial charge in [0.15, 0.2) is 0 Å². The molecule has 1 aromatic carbocycles. The number of benzene rings is 1. The highest BCUT2D eigenvalue weighted by atomic mass is 17.2. The quantitative estimate of drug-likeness (QED) is 0.536. The van der Waals surface area contributed by atoms with Crippen LogP contribution in [0.2, 0.25) is 0 Å². The normalized spacial score (nSPS) is 19.9.